The molecule has 2 heterocycles. The fourth-order valence-corrected chi connectivity index (χ4v) is 3.01. The Bertz CT molecular complexity index is 625. The first kappa shape index (κ1) is 19.5. The van der Waals surface area contributed by atoms with Gasteiger partial charge < -0.3 is 9.15 Å². The van der Waals surface area contributed by atoms with Gasteiger partial charge in [-0.05, 0) is 24.6 Å². The van der Waals surface area contributed by atoms with E-state index in [1.807, 2.05) is 13.0 Å². The van der Waals surface area contributed by atoms with Crippen molar-refractivity contribution in [2.45, 2.75) is 19.6 Å². The highest BCUT2D eigenvalue weighted by Gasteiger charge is 2.21. The largest absolute Gasteiger partial charge is 0.457 e. The van der Waals surface area contributed by atoms with Crippen molar-refractivity contribution >= 4 is 18.4 Å². The molecular formula is C19H25ClN2O3. The number of esters is 1. The number of furan rings is 1. The van der Waals surface area contributed by atoms with Gasteiger partial charge in [-0.3, -0.25) is 9.80 Å². The molecule has 1 saturated heterocycles. The molecule has 1 unspecified atom stereocenters. The molecule has 5 nitrogen and oxygen atoms in total. The van der Waals surface area contributed by atoms with Gasteiger partial charge in [0.1, 0.15) is 6.10 Å². The summed E-state index contributed by atoms with van der Waals surface area (Å²) < 4.78 is 10.5. The van der Waals surface area contributed by atoms with Gasteiger partial charge in [-0.1, -0.05) is 30.3 Å². The molecule has 0 saturated carbocycles. The average molecular weight is 365 g/mol. The fourth-order valence-electron chi connectivity index (χ4n) is 3.01. The Morgan fingerprint density at radius 1 is 1.08 bits per heavy atom. The van der Waals surface area contributed by atoms with Crippen LogP contribution in [0.5, 0.6) is 0 Å². The number of halogens is 1. The summed E-state index contributed by atoms with van der Waals surface area (Å²) in [6.45, 7) is 7.74. The number of nitrogens with zero attached hydrogens (tertiary/aromatic N) is 2. The van der Waals surface area contributed by atoms with Crippen LogP contribution in [0, 0.1) is 0 Å². The van der Waals surface area contributed by atoms with Crippen molar-refractivity contribution in [3.05, 3.63) is 60.1 Å². The number of benzene rings is 1. The van der Waals surface area contributed by atoms with Gasteiger partial charge in [-0.15, -0.1) is 12.4 Å². The first-order chi connectivity index (χ1) is 11.7. The molecule has 0 spiro atoms. The molecule has 25 heavy (non-hydrogen) atoms. The minimum Gasteiger partial charge on any atom is -0.457 e. The SMILES string of the molecule is CC(CN1CCN(Cc2ccccc2)CC1)OC(=O)c1ccco1.Cl. The summed E-state index contributed by atoms with van der Waals surface area (Å²) in [6, 6.07) is 13.9. The van der Waals surface area contributed by atoms with Gasteiger partial charge in [0.15, 0.2) is 0 Å². The van der Waals surface area contributed by atoms with E-state index in [2.05, 4.69) is 34.1 Å². The van der Waals surface area contributed by atoms with E-state index in [9.17, 15) is 4.79 Å². The van der Waals surface area contributed by atoms with E-state index >= 15 is 0 Å². The summed E-state index contributed by atoms with van der Waals surface area (Å²) in [4.78, 5) is 16.7. The molecule has 3 rings (SSSR count). The van der Waals surface area contributed by atoms with Crippen molar-refractivity contribution in [3.63, 3.8) is 0 Å². The van der Waals surface area contributed by atoms with E-state index in [0.29, 0.717) is 0 Å². The minimum atomic E-state index is -0.393. The average Bonchev–Trinajstić information content (AvgIpc) is 3.12. The lowest BCUT2D eigenvalue weighted by atomic mass is 10.2. The normalized spacial score (nSPS) is 16.8. The van der Waals surface area contributed by atoms with E-state index in [1.54, 1.807) is 12.1 Å². The molecule has 1 aliphatic heterocycles. The second kappa shape index (κ2) is 9.61. The third kappa shape index (κ3) is 5.88. The van der Waals surface area contributed by atoms with Gasteiger partial charge in [0, 0.05) is 39.3 Å². The number of rotatable bonds is 6. The predicted molar refractivity (Wildman–Crippen MR) is 99.0 cm³/mol. The van der Waals surface area contributed by atoms with Crippen LogP contribution < -0.4 is 0 Å². The monoisotopic (exact) mass is 364 g/mol. The molecule has 1 aliphatic rings. The van der Waals surface area contributed by atoms with Crippen molar-refractivity contribution in [2.24, 2.45) is 0 Å². The summed E-state index contributed by atoms with van der Waals surface area (Å²) in [5.41, 5.74) is 1.35. The van der Waals surface area contributed by atoms with Crippen LogP contribution in [0.25, 0.3) is 0 Å². The van der Waals surface area contributed by atoms with Crippen LogP contribution in [0.1, 0.15) is 23.0 Å². The van der Waals surface area contributed by atoms with Gasteiger partial charge in [-0.25, -0.2) is 4.79 Å². The molecule has 0 aliphatic carbocycles. The Labute approximate surface area is 155 Å². The Morgan fingerprint density at radius 3 is 2.40 bits per heavy atom. The Balaban J connectivity index is 0.00000225. The lowest BCUT2D eigenvalue weighted by Crippen LogP contribution is -2.48. The van der Waals surface area contributed by atoms with Crippen LogP contribution in [-0.4, -0.2) is 54.6 Å². The summed E-state index contributed by atoms with van der Waals surface area (Å²) >= 11 is 0. The van der Waals surface area contributed by atoms with Crippen LogP contribution in [0.3, 0.4) is 0 Å². The summed E-state index contributed by atoms with van der Waals surface area (Å²) in [6.07, 6.45) is 1.33. The summed E-state index contributed by atoms with van der Waals surface area (Å²) in [5.74, 6) is -0.134. The lowest BCUT2D eigenvalue weighted by molar-refractivity contribution is 0.0161. The molecular weight excluding hydrogens is 340 g/mol. The maximum absolute atomic E-state index is 11.9. The molecule has 1 fully saturated rings. The standard InChI is InChI=1S/C19H24N2O3.ClH/c1-16(24-19(22)18-8-5-13-23-18)14-20-9-11-21(12-10-20)15-17-6-3-2-4-7-17;/h2-8,13,16H,9-12,14-15H2,1H3;1H. The van der Waals surface area contributed by atoms with Crippen LogP contribution in [-0.2, 0) is 11.3 Å². The van der Waals surface area contributed by atoms with Crippen molar-refractivity contribution in [1.82, 2.24) is 9.80 Å². The van der Waals surface area contributed by atoms with Gasteiger partial charge in [0.25, 0.3) is 0 Å². The highest BCUT2D eigenvalue weighted by atomic mass is 35.5. The van der Waals surface area contributed by atoms with Crippen molar-refractivity contribution < 1.29 is 13.9 Å². The molecule has 0 N–H and O–H groups in total. The molecule has 1 atom stereocenters. The van der Waals surface area contributed by atoms with Gasteiger partial charge in [0.2, 0.25) is 5.76 Å². The van der Waals surface area contributed by atoms with E-state index < -0.39 is 5.97 Å². The second-order valence-corrected chi connectivity index (χ2v) is 6.26. The third-order valence-electron chi connectivity index (χ3n) is 4.26. The number of hydrogen-bond donors (Lipinski definition) is 0. The van der Waals surface area contributed by atoms with E-state index in [0.717, 1.165) is 39.3 Å². The molecule has 136 valence electrons. The predicted octanol–water partition coefficient (Wildman–Crippen LogP) is 3.06. The van der Waals surface area contributed by atoms with Gasteiger partial charge in [-0.2, -0.15) is 0 Å². The van der Waals surface area contributed by atoms with E-state index in [-0.39, 0.29) is 24.3 Å². The molecule has 2 aromatic rings. The van der Waals surface area contributed by atoms with Crippen molar-refractivity contribution in [3.8, 4) is 0 Å². The Morgan fingerprint density at radius 2 is 1.76 bits per heavy atom. The molecule has 6 heteroatoms. The first-order valence-corrected chi connectivity index (χ1v) is 8.44. The molecule has 1 aromatic heterocycles. The van der Waals surface area contributed by atoms with E-state index in [4.69, 9.17) is 9.15 Å². The van der Waals surface area contributed by atoms with Crippen LogP contribution >= 0.6 is 12.4 Å². The van der Waals surface area contributed by atoms with Crippen molar-refractivity contribution in [2.75, 3.05) is 32.7 Å². The Kier molecular flexibility index (Phi) is 7.50. The zero-order chi connectivity index (χ0) is 16.8. The number of piperazine rings is 1. The maximum atomic E-state index is 11.9. The molecule has 0 bridgehead atoms. The number of carbonyl (C=O) groups is 1. The molecule has 0 radical (unpaired) electrons. The van der Waals surface area contributed by atoms with E-state index in [1.165, 1.54) is 11.8 Å². The van der Waals surface area contributed by atoms with Gasteiger partial charge in [0.05, 0.1) is 6.26 Å². The number of hydrogen-bond acceptors (Lipinski definition) is 5. The highest BCUT2D eigenvalue weighted by Crippen LogP contribution is 2.10. The minimum absolute atomic E-state index is 0. The Hall–Kier alpha value is -1.82. The first-order valence-electron chi connectivity index (χ1n) is 8.44. The molecule has 0 amide bonds. The topological polar surface area (TPSA) is 45.9 Å². The summed E-state index contributed by atoms with van der Waals surface area (Å²) in [5, 5.41) is 0. The number of ether oxygens (including phenoxy) is 1. The van der Waals surface area contributed by atoms with Crippen LogP contribution in [0.4, 0.5) is 0 Å². The smallest absolute Gasteiger partial charge is 0.374 e. The maximum Gasteiger partial charge on any atom is 0.374 e. The quantitative estimate of drug-likeness (QED) is 0.737. The van der Waals surface area contributed by atoms with Gasteiger partial charge >= 0.3 is 5.97 Å². The third-order valence-corrected chi connectivity index (χ3v) is 4.26. The van der Waals surface area contributed by atoms with Crippen LogP contribution in [0.2, 0.25) is 0 Å². The highest BCUT2D eigenvalue weighted by molar-refractivity contribution is 5.86. The van der Waals surface area contributed by atoms with Crippen LogP contribution in [0.15, 0.2) is 53.1 Å². The number of carbonyl (C=O) groups excluding carboxylic acids is 1. The lowest BCUT2D eigenvalue weighted by Gasteiger charge is -2.35. The second-order valence-electron chi connectivity index (χ2n) is 6.26. The summed E-state index contributed by atoms with van der Waals surface area (Å²) in [7, 11) is 0. The molecule has 1 aromatic carbocycles. The fraction of sp³-hybridized carbons (Fsp3) is 0.421. The van der Waals surface area contributed by atoms with Crippen molar-refractivity contribution in [1.29, 1.82) is 0 Å². The zero-order valence-electron chi connectivity index (χ0n) is 14.5. The zero-order valence-corrected chi connectivity index (χ0v) is 15.3.